The maximum atomic E-state index is 14.0. The standard InChI is InChI=1S/C32H34F3N3OS/c1-21(25-16-27(32(33,34)35)28(19-37)38-20-25)26-17-30(39)31(13-3-4-14-31)18-24(11-12-29(26)40)23-9-7-22(8-10-23)6-2-5-15-36/h7-10,16,20-21,24,26H,2-6,11-14,17-18H2,1H3. The molecule has 0 amide bonds. The number of carbonyl (C=O) groups is 1. The van der Waals surface area contributed by atoms with Crippen LogP contribution in [0.25, 0.3) is 0 Å². The van der Waals surface area contributed by atoms with Crippen LogP contribution in [0.5, 0.6) is 0 Å². The summed E-state index contributed by atoms with van der Waals surface area (Å²) in [6.07, 6.45) is 4.85. The van der Waals surface area contributed by atoms with Gasteiger partial charge in [0.1, 0.15) is 11.9 Å². The molecular formula is C32H34F3N3OS. The van der Waals surface area contributed by atoms with Gasteiger partial charge >= 0.3 is 6.18 Å². The Hall–Kier alpha value is -3.10. The van der Waals surface area contributed by atoms with E-state index in [4.69, 9.17) is 22.7 Å². The lowest BCUT2D eigenvalue weighted by Gasteiger charge is -2.33. The molecule has 40 heavy (non-hydrogen) atoms. The van der Waals surface area contributed by atoms with E-state index >= 15 is 0 Å². The number of ketones is 1. The van der Waals surface area contributed by atoms with Gasteiger partial charge in [0.25, 0.3) is 0 Å². The molecule has 1 spiro atoms. The van der Waals surface area contributed by atoms with Crippen molar-refractivity contribution in [1.82, 2.24) is 4.98 Å². The first-order valence-electron chi connectivity index (χ1n) is 14.1. The smallest absolute Gasteiger partial charge is 0.299 e. The van der Waals surface area contributed by atoms with Crippen molar-refractivity contribution in [3.8, 4) is 12.1 Å². The fourth-order valence-electron chi connectivity index (χ4n) is 6.59. The van der Waals surface area contributed by atoms with E-state index in [9.17, 15) is 18.0 Å². The van der Waals surface area contributed by atoms with Crippen molar-refractivity contribution in [3.05, 3.63) is 64.5 Å². The summed E-state index contributed by atoms with van der Waals surface area (Å²) in [5.41, 5.74) is 0.572. The molecule has 2 saturated carbocycles. The molecule has 3 unspecified atom stereocenters. The van der Waals surface area contributed by atoms with Crippen LogP contribution in [0.4, 0.5) is 13.2 Å². The van der Waals surface area contributed by atoms with Gasteiger partial charge in [-0.3, -0.25) is 4.79 Å². The number of hydrogen-bond acceptors (Lipinski definition) is 5. The molecule has 2 aliphatic rings. The van der Waals surface area contributed by atoms with E-state index in [1.54, 1.807) is 0 Å². The summed E-state index contributed by atoms with van der Waals surface area (Å²) >= 11 is 5.89. The Kier molecular flexibility index (Phi) is 9.41. The SMILES string of the molecule is CC(c1cnc(C#N)c(C(F)(F)F)c1)C1CC(=O)C2(CCCC2)CC(c2ccc(CCCC#N)cc2)CCC1=S. The highest BCUT2D eigenvalue weighted by Gasteiger charge is 2.45. The van der Waals surface area contributed by atoms with E-state index < -0.39 is 28.8 Å². The number of aromatic nitrogens is 1. The van der Waals surface area contributed by atoms with Crippen molar-refractivity contribution in [2.45, 2.75) is 95.6 Å². The molecule has 2 fully saturated rings. The second kappa shape index (κ2) is 12.6. The maximum Gasteiger partial charge on any atom is 0.419 e. The van der Waals surface area contributed by atoms with Gasteiger partial charge in [-0.15, -0.1) is 0 Å². The van der Waals surface area contributed by atoms with Gasteiger partial charge in [-0.25, -0.2) is 4.98 Å². The number of unbranched alkanes of at least 4 members (excludes halogenated alkanes) is 1. The highest BCUT2D eigenvalue weighted by Crippen LogP contribution is 2.50. The summed E-state index contributed by atoms with van der Waals surface area (Å²) in [6, 6.07) is 13.2. The number of pyridine rings is 1. The molecule has 1 aromatic heterocycles. The average Bonchev–Trinajstić information content (AvgIpc) is 3.43. The molecule has 1 aromatic carbocycles. The van der Waals surface area contributed by atoms with Gasteiger partial charge in [0.15, 0.2) is 5.69 Å². The molecule has 3 atom stereocenters. The summed E-state index contributed by atoms with van der Waals surface area (Å²) in [5, 5.41) is 18.0. The Morgan fingerprint density at radius 3 is 2.50 bits per heavy atom. The first-order valence-corrected chi connectivity index (χ1v) is 14.5. The summed E-state index contributed by atoms with van der Waals surface area (Å²) in [4.78, 5) is 18.5. The minimum atomic E-state index is -4.70. The van der Waals surface area contributed by atoms with E-state index in [1.165, 1.54) is 23.4 Å². The molecule has 210 valence electrons. The van der Waals surface area contributed by atoms with Crippen LogP contribution in [0, 0.1) is 34.0 Å². The summed E-state index contributed by atoms with van der Waals surface area (Å²) < 4.78 is 41.0. The molecular weight excluding hydrogens is 531 g/mol. The van der Waals surface area contributed by atoms with E-state index in [-0.39, 0.29) is 24.0 Å². The first-order chi connectivity index (χ1) is 19.1. The van der Waals surface area contributed by atoms with Crippen molar-refractivity contribution in [2.24, 2.45) is 11.3 Å². The summed E-state index contributed by atoms with van der Waals surface area (Å²) in [7, 11) is 0. The third kappa shape index (κ3) is 6.61. The van der Waals surface area contributed by atoms with Crippen LogP contribution < -0.4 is 0 Å². The Labute approximate surface area is 239 Å². The van der Waals surface area contributed by atoms with Crippen molar-refractivity contribution in [3.63, 3.8) is 0 Å². The first kappa shape index (κ1) is 29.9. The third-order valence-electron chi connectivity index (χ3n) is 9.00. The molecule has 0 radical (unpaired) electrons. The monoisotopic (exact) mass is 565 g/mol. The molecule has 2 aliphatic carbocycles. The van der Waals surface area contributed by atoms with Gasteiger partial charge in [-0.05, 0) is 84.4 Å². The summed E-state index contributed by atoms with van der Waals surface area (Å²) in [6.45, 7) is 1.81. The van der Waals surface area contributed by atoms with Crippen molar-refractivity contribution in [2.75, 3.05) is 0 Å². The minimum absolute atomic E-state index is 0.163. The van der Waals surface area contributed by atoms with Crippen LogP contribution in [-0.2, 0) is 17.4 Å². The molecule has 0 N–H and O–H groups in total. The molecule has 1 heterocycles. The quantitative estimate of drug-likeness (QED) is 0.260. The van der Waals surface area contributed by atoms with Crippen LogP contribution in [0.3, 0.4) is 0 Å². The number of nitriles is 2. The normalized spacial score (nSPS) is 22.1. The molecule has 4 nitrogen and oxygen atoms in total. The van der Waals surface area contributed by atoms with Crippen LogP contribution in [0.15, 0.2) is 36.5 Å². The van der Waals surface area contributed by atoms with Gasteiger partial charge in [0.05, 0.1) is 11.6 Å². The van der Waals surface area contributed by atoms with Gasteiger partial charge < -0.3 is 0 Å². The Balaban J connectivity index is 1.62. The zero-order valence-corrected chi connectivity index (χ0v) is 23.6. The van der Waals surface area contributed by atoms with Crippen LogP contribution in [0.2, 0.25) is 0 Å². The molecule has 2 aromatic rings. The molecule has 4 rings (SSSR count). The number of nitrogens with zero attached hydrogens (tertiary/aromatic N) is 3. The predicted octanol–water partition coefficient (Wildman–Crippen LogP) is 8.40. The fourth-order valence-corrected chi connectivity index (χ4v) is 7.00. The second-order valence-electron chi connectivity index (χ2n) is 11.4. The number of aryl methyl sites for hydroxylation is 1. The lowest BCUT2D eigenvalue weighted by Crippen LogP contribution is -2.33. The van der Waals surface area contributed by atoms with Crippen LogP contribution >= 0.6 is 12.2 Å². The maximum absolute atomic E-state index is 14.0. The third-order valence-corrected chi connectivity index (χ3v) is 9.51. The Bertz CT molecular complexity index is 1320. The number of thiocarbonyl (C=S) groups is 1. The minimum Gasteiger partial charge on any atom is -0.299 e. The Morgan fingerprint density at radius 1 is 1.18 bits per heavy atom. The van der Waals surface area contributed by atoms with E-state index in [2.05, 4.69) is 35.3 Å². The fraction of sp³-hybridized carbons (Fsp3) is 0.531. The lowest BCUT2D eigenvalue weighted by atomic mass is 9.70. The van der Waals surface area contributed by atoms with Crippen molar-refractivity contribution in [1.29, 1.82) is 10.5 Å². The Morgan fingerprint density at radius 2 is 1.88 bits per heavy atom. The zero-order chi connectivity index (χ0) is 28.9. The largest absolute Gasteiger partial charge is 0.419 e. The highest BCUT2D eigenvalue weighted by atomic mass is 32.1. The highest BCUT2D eigenvalue weighted by molar-refractivity contribution is 7.80. The summed E-state index contributed by atoms with van der Waals surface area (Å²) in [5.74, 6) is -0.491. The van der Waals surface area contributed by atoms with E-state index in [0.29, 0.717) is 23.3 Å². The number of rotatable bonds is 6. The molecule has 0 saturated heterocycles. The topological polar surface area (TPSA) is 77.5 Å². The number of benzene rings is 1. The predicted molar refractivity (Wildman–Crippen MR) is 151 cm³/mol. The average molecular weight is 566 g/mol. The van der Waals surface area contributed by atoms with Crippen molar-refractivity contribution < 1.29 is 18.0 Å². The lowest BCUT2D eigenvalue weighted by molar-refractivity contribution is -0.138. The van der Waals surface area contributed by atoms with Gasteiger partial charge in [-0.1, -0.05) is 56.2 Å². The van der Waals surface area contributed by atoms with E-state index in [1.807, 2.05) is 6.92 Å². The molecule has 8 heteroatoms. The number of alkyl halides is 3. The van der Waals surface area contributed by atoms with E-state index in [0.717, 1.165) is 57.4 Å². The number of carbonyl (C=O) groups excluding carboxylic acids is 1. The number of hydrogen-bond donors (Lipinski definition) is 0. The van der Waals surface area contributed by atoms with Crippen LogP contribution in [0.1, 0.15) is 111 Å². The molecule has 0 bridgehead atoms. The van der Waals surface area contributed by atoms with Gasteiger partial charge in [-0.2, -0.15) is 23.7 Å². The van der Waals surface area contributed by atoms with Crippen molar-refractivity contribution >= 4 is 22.9 Å². The van der Waals surface area contributed by atoms with Gasteiger partial charge in [0.2, 0.25) is 0 Å². The van der Waals surface area contributed by atoms with Crippen LogP contribution in [-0.4, -0.2) is 15.6 Å². The number of Topliss-reactive ketones (excluding diaryl/α,β-unsaturated/α-hetero) is 1. The second-order valence-corrected chi connectivity index (χ2v) is 12.0. The number of halogens is 3. The van der Waals surface area contributed by atoms with Gasteiger partial charge in [0, 0.05) is 30.4 Å². The molecule has 0 aliphatic heterocycles. The zero-order valence-electron chi connectivity index (χ0n) is 22.8.